The van der Waals surface area contributed by atoms with Crippen LogP contribution in [0.15, 0.2) is 18.7 Å². The molecule has 6 nitrogen and oxygen atoms in total. The molecule has 0 radical (unpaired) electrons. The minimum absolute atomic E-state index is 0.0597. The van der Waals surface area contributed by atoms with Gasteiger partial charge in [-0.25, -0.2) is 15.0 Å². The third kappa shape index (κ3) is 3.87. The van der Waals surface area contributed by atoms with Crippen molar-refractivity contribution in [3.05, 3.63) is 40.8 Å². The number of aryl methyl sites for hydroxylation is 3. The first-order valence-electron chi connectivity index (χ1n) is 8.47. The van der Waals surface area contributed by atoms with Crippen LogP contribution in [-0.2, 0) is 4.79 Å². The Hall–Kier alpha value is -2.28. The number of nitrogens with one attached hydrogen (secondary N) is 1. The first kappa shape index (κ1) is 17.5. The number of thiazole rings is 1. The number of aromatic nitrogens is 3. The Bertz CT molecular complexity index is 781. The average Bonchev–Trinajstić information content (AvgIpc) is 2.91. The number of piperidine rings is 1. The SMILES string of the molecule is C=CC(=O)N1CCCCC1c1nc(C)cc(Nc2nc(C)c(C)s2)n1. The quantitative estimate of drug-likeness (QED) is 0.842. The lowest BCUT2D eigenvalue weighted by molar-refractivity contribution is -0.129. The second kappa shape index (κ2) is 7.31. The molecular weight excluding hydrogens is 334 g/mol. The van der Waals surface area contributed by atoms with E-state index in [-0.39, 0.29) is 11.9 Å². The fourth-order valence-corrected chi connectivity index (χ4v) is 3.84. The van der Waals surface area contributed by atoms with Crippen molar-refractivity contribution in [3.8, 4) is 0 Å². The lowest BCUT2D eigenvalue weighted by atomic mass is 10.0. The van der Waals surface area contributed by atoms with Crippen LogP contribution >= 0.6 is 11.3 Å². The molecule has 1 fully saturated rings. The molecule has 132 valence electrons. The summed E-state index contributed by atoms with van der Waals surface area (Å²) in [5.41, 5.74) is 1.89. The Morgan fingerprint density at radius 3 is 2.80 bits per heavy atom. The predicted octanol–water partition coefficient (Wildman–Crippen LogP) is 3.84. The molecule has 0 saturated carbocycles. The van der Waals surface area contributed by atoms with Crippen molar-refractivity contribution in [3.63, 3.8) is 0 Å². The molecule has 1 saturated heterocycles. The molecule has 2 aromatic heterocycles. The molecule has 3 heterocycles. The molecule has 7 heteroatoms. The van der Waals surface area contributed by atoms with Gasteiger partial charge in [-0.15, -0.1) is 11.3 Å². The number of hydrogen-bond acceptors (Lipinski definition) is 6. The standard InChI is InChI=1S/C18H23N5OS/c1-5-16(24)23-9-7-6-8-14(23)17-19-11(2)10-15(21-17)22-18-20-12(3)13(4)25-18/h5,10,14H,1,6-9H2,2-4H3,(H,19,20,21,22). The van der Waals surface area contributed by atoms with E-state index in [2.05, 4.69) is 33.8 Å². The predicted molar refractivity (Wildman–Crippen MR) is 100 cm³/mol. The Balaban J connectivity index is 1.89. The molecular formula is C18H23N5OS. The number of hydrogen-bond donors (Lipinski definition) is 1. The highest BCUT2D eigenvalue weighted by molar-refractivity contribution is 7.15. The lowest BCUT2D eigenvalue weighted by Gasteiger charge is -2.34. The van der Waals surface area contributed by atoms with E-state index in [1.807, 2.05) is 24.8 Å². The Kier molecular flexibility index (Phi) is 5.13. The number of carbonyl (C=O) groups excluding carboxylic acids is 1. The van der Waals surface area contributed by atoms with Crippen molar-refractivity contribution in [2.45, 2.75) is 46.1 Å². The number of likely N-dealkylation sites (tertiary alicyclic amines) is 1. The zero-order valence-electron chi connectivity index (χ0n) is 14.9. The van der Waals surface area contributed by atoms with E-state index < -0.39 is 0 Å². The first-order valence-corrected chi connectivity index (χ1v) is 9.29. The van der Waals surface area contributed by atoms with Gasteiger partial charge < -0.3 is 10.2 Å². The molecule has 0 aromatic carbocycles. The van der Waals surface area contributed by atoms with Crippen LogP contribution in [0.1, 0.15) is 47.4 Å². The van der Waals surface area contributed by atoms with Gasteiger partial charge in [0.2, 0.25) is 5.91 Å². The van der Waals surface area contributed by atoms with Crippen LogP contribution < -0.4 is 5.32 Å². The van der Waals surface area contributed by atoms with Gasteiger partial charge in [-0.3, -0.25) is 4.79 Å². The highest BCUT2D eigenvalue weighted by Gasteiger charge is 2.29. The van der Waals surface area contributed by atoms with Gasteiger partial charge >= 0.3 is 0 Å². The fourth-order valence-electron chi connectivity index (χ4n) is 3.02. The van der Waals surface area contributed by atoms with Crippen LogP contribution in [0, 0.1) is 20.8 Å². The summed E-state index contributed by atoms with van der Waals surface area (Å²) in [5.74, 6) is 1.34. The van der Waals surface area contributed by atoms with E-state index in [4.69, 9.17) is 0 Å². The monoisotopic (exact) mass is 357 g/mol. The second-order valence-electron chi connectivity index (χ2n) is 6.29. The number of carbonyl (C=O) groups is 1. The topological polar surface area (TPSA) is 71.0 Å². The maximum Gasteiger partial charge on any atom is 0.246 e. The zero-order valence-corrected chi connectivity index (χ0v) is 15.7. The van der Waals surface area contributed by atoms with Crippen LogP contribution in [0.3, 0.4) is 0 Å². The molecule has 1 N–H and O–H groups in total. The van der Waals surface area contributed by atoms with E-state index in [1.165, 1.54) is 11.0 Å². The molecule has 0 bridgehead atoms. The molecule has 1 aliphatic heterocycles. The highest BCUT2D eigenvalue weighted by Crippen LogP contribution is 2.31. The first-order chi connectivity index (χ1) is 12.0. The molecule has 0 aliphatic carbocycles. The van der Waals surface area contributed by atoms with Gasteiger partial charge in [0, 0.05) is 23.2 Å². The van der Waals surface area contributed by atoms with Gasteiger partial charge in [-0.05, 0) is 46.1 Å². The van der Waals surface area contributed by atoms with Crippen LogP contribution in [-0.4, -0.2) is 32.3 Å². The van der Waals surface area contributed by atoms with Crippen molar-refractivity contribution in [1.82, 2.24) is 19.9 Å². The van der Waals surface area contributed by atoms with Crippen molar-refractivity contribution in [2.24, 2.45) is 0 Å². The third-order valence-corrected chi connectivity index (χ3v) is 5.38. The molecule has 1 amide bonds. The summed E-state index contributed by atoms with van der Waals surface area (Å²) < 4.78 is 0. The van der Waals surface area contributed by atoms with Gasteiger partial charge in [0.05, 0.1) is 11.7 Å². The fraction of sp³-hybridized carbons (Fsp3) is 0.444. The Morgan fingerprint density at radius 1 is 1.32 bits per heavy atom. The van der Waals surface area contributed by atoms with Crippen molar-refractivity contribution in [2.75, 3.05) is 11.9 Å². The minimum atomic E-state index is -0.0977. The minimum Gasteiger partial charge on any atom is -0.329 e. The van der Waals surface area contributed by atoms with Crippen LogP contribution in [0.2, 0.25) is 0 Å². The summed E-state index contributed by atoms with van der Waals surface area (Å²) in [6.45, 7) is 10.3. The van der Waals surface area contributed by atoms with Gasteiger partial charge in [-0.2, -0.15) is 0 Å². The van der Waals surface area contributed by atoms with Gasteiger partial charge in [0.1, 0.15) is 5.82 Å². The summed E-state index contributed by atoms with van der Waals surface area (Å²) in [4.78, 5) is 29.0. The largest absolute Gasteiger partial charge is 0.329 e. The van der Waals surface area contributed by atoms with Gasteiger partial charge in [-0.1, -0.05) is 6.58 Å². The third-order valence-electron chi connectivity index (χ3n) is 4.39. The number of rotatable bonds is 4. The number of anilines is 2. The average molecular weight is 357 g/mol. The van der Waals surface area contributed by atoms with Crippen molar-refractivity contribution >= 4 is 28.2 Å². The van der Waals surface area contributed by atoms with Crippen LogP contribution in [0.4, 0.5) is 10.9 Å². The molecule has 1 unspecified atom stereocenters. The summed E-state index contributed by atoms with van der Waals surface area (Å²) in [6, 6.07) is 1.80. The van der Waals surface area contributed by atoms with E-state index in [0.29, 0.717) is 11.6 Å². The van der Waals surface area contributed by atoms with E-state index in [1.54, 1.807) is 11.3 Å². The maximum absolute atomic E-state index is 12.2. The number of amides is 1. The van der Waals surface area contributed by atoms with E-state index in [0.717, 1.165) is 42.3 Å². The molecule has 3 rings (SSSR count). The summed E-state index contributed by atoms with van der Waals surface area (Å²) in [5, 5.41) is 4.10. The van der Waals surface area contributed by atoms with Crippen molar-refractivity contribution in [1.29, 1.82) is 0 Å². The number of nitrogens with zero attached hydrogens (tertiary/aromatic N) is 4. The van der Waals surface area contributed by atoms with Crippen LogP contribution in [0.25, 0.3) is 0 Å². The Labute approximate surface area is 152 Å². The van der Waals surface area contributed by atoms with E-state index >= 15 is 0 Å². The van der Waals surface area contributed by atoms with Crippen LogP contribution in [0.5, 0.6) is 0 Å². The summed E-state index contributed by atoms with van der Waals surface area (Å²) in [7, 11) is 0. The Morgan fingerprint density at radius 2 is 2.12 bits per heavy atom. The van der Waals surface area contributed by atoms with Crippen molar-refractivity contribution < 1.29 is 4.79 Å². The maximum atomic E-state index is 12.2. The normalized spacial score (nSPS) is 17.4. The second-order valence-corrected chi connectivity index (χ2v) is 7.49. The van der Waals surface area contributed by atoms with Gasteiger partial charge in [0.15, 0.2) is 11.0 Å². The summed E-state index contributed by atoms with van der Waals surface area (Å²) >= 11 is 1.61. The molecule has 1 atom stereocenters. The molecule has 0 spiro atoms. The zero-order chi connectivity index (χ0) is 18.0. The smallest absolute Gasteiger partial charge is 0.246 e. The van der Waals surface area contributed by atoms with Gasteiger partial charge in [0.25, 0.3) is 0 Å². The molecule has 25 heavy (non-hydrogen) atoms. The highest BCUT2D eigenvalue weighted by atomic mass is 32.1. The molecule has 1 aliphatic rings. The lowest BCUT2D eigenvalue weighted by Crippen LogP contribution is -2.38. The molecule has 2 aromatic rings. The van der Waals surface area contributed by atoms with E-state index in [9.17, 15) is 4.79 Å². The summed E-state index contributed by atoms with van der Waals surface area (Å²) in [6.07, 6.45) is 4.31.